The van der Waals surface area contributed by atoms with Crippen LogP contribution >= 0.6 is 0 Å². The molecule has 0 bridgehead atoms. The first-order valence-corrected chi connectivity index (χ1v) is 11.6. The lowest BCUT2D eigenvalue weighted by atomic mass is 9.96. The number of esters is 2. The molecular formula is C23H42O7. The normalized spacial score (nSPS) is 12.9. The van der Waals surface area contributed by atoms with E-state index < -0.39 is 36.4 Å². The van der Waals surface area contributed by atoms with Gasteiger partial charge in [-0.05, 0) is 12.8 Å². The van der Waals surface area contributed by atoms with E-state index in [2.05, 4.69) is 6.92 Å². The molecule has 0 rings (SSSR count). The van der Waals surface area contributed by atoms with Gasteiger partial charge >= 0.3 is 17.9 Å². The first-order chi connectivity index (χ1) is 14.4. The molecule has 0 aliphatic heterocycles. The molecule has 0 saturated carbocycles. The summed E-state index contributed by atoms with van der Waals surface area (Å²) in [5, 5.41) is 19.4. The second-order valence-corrected chi connectivity index (χ2v) is 8.02. The highest BCUT2D eigenvalue weighted by Crippen LogP contribution is 2.18. The number of ether oxygens (including phenoxy) is 2. The summed E-state index contributed by atoms with van der Waals surface area (Å²) in [6.45, 7) is 4.49. The van der Waals surface area contributed by atoms with Crippen molar-refractivity contribution in [1.29, 1.82) is 0 Å². The number of unbranched alkanes of at least 4 members (excludes halogenated alkanes) is 11. The van der Waals surface area contributed by atoms with Crippen molar-refractivity contribution in [3.8, 4) is 0 Å². The predicted molar refractivity (Wildman–Crippen MR) is 115 cm³/mol. The molecule has 0 aliphatic carbocycles. The fourth-order valence-electron chi connectivity index (χ4n) is 3.08. The van der Waals surface area contributed by atoms with Gasteiger partial charge in [0, 0.05) is 0 Å². The van der Waals surface area contributed by atoms with Gasteiger partial charge in [-0.25, -0.2) is 4.79 Å². The van der Waals surface area contributed by atoms with Crippen LogP contribution in [0.1, 0.15) is 110 Å². The fraction of sp³-hybridized carbons (Fsp3) is 0.870. The number of carboxylic acids is 1. The van der Waals surface area contributed by atoms with Crippen molar-refractivity contribution in [2.45, 2.75) is 116 Å². The molecule has 0 aromatic rings. The summed E-state index contributed by atoms with van der Waals surface area (Å²) in [5.74, 6) is -3.30. The smallest absolute Gasteiger partial charge is 0.336 e. The SMILES string of the molecule is CCCCCCCCCCCCCOC(=O)CC(O)(CC(=O)OCCCC)C(=O)O. The van der Waals surface area contributed by atoms with E-state index >= 15 is 0 Å². The maximum absolute atomic E-state index is 11.9. The molecule has 0 amide bonds. The van der Waals surface area contributed by atoms with Gasteiger partial charge in [0.25, 0.3) is 0 Å². The van der Waals surface area contributed by atoms with E-state index in [1.807, 2.05) is 6.92 Å². The van der Waals surface area contributed by atoms with Crippen molar-refractivity contribution in [1.82, 2.24) is 0 Å². The van der Waals surface area contributed by atoms with E-state index in [4.69, 9.17) is 9.47 Å². The molecule has 1 atom stereocenters. The summed E-state index contributed by atoms with van der Waals surface area (Å²) in [5.41, 5.74) is -2.50. The van der Waals surface area contributed by atoms with E-state index in [1.54, 1.807) is 0 Å². The second-order valence-electron chi connectivity index (χ2n) is 8.02. The maximum atomic E-state index is 11.9. The Morgan fingerprint density at radius 1 is 0.633 bits per heavy atom. The van der Waals surface area contributed by atoms with E-state index in [0.717, 1.165) is 19.3 Å². The van der Waals surface area contributed by atoms with Crippen molar-refractivity contribution in [2.75, 3.05) is 13.2 Å². The number of carboxylic acid groups (broad SMARTS) is 1. The number of carbonyl (C=O) groups excluding carboxylic acids is 2. The van der Waals surface area contributed by atoms with Crippen LogP contribution in [0.5, 0.6) is 0 Å². The summed E-state index contributed by atoms with van der Waals surface area (Å²) in [6.07, 6.45) is 12.9. The van der Waals surface area contributed by atoms with E-state index in [-0.39, 0.29) is 13.2 Å². The molecule has 0 aliphatic rings. The van der Waals surface area contributed by atoms with Gasteiger partial charge in [0.2, 0.25) is 0 Å². The molecule has 0 saturated heterocycles. The van der Waals surface area contributed by atoms with Gasteiger partial charge in [0.05, 0.1) is 26.1 Å². The fourth-order valence-corrected chi connectivity index (χ4v) is 3.08. The third kappa shape index (κ3) is 15.2. The minimum Gasteiger partial charge on any atom is -0.479 e. The lowest BCUT2D eigenvalue weighted by Crippen LogP contribution is -2.43. The topological polar surface area (TPSA) is 110 Å². The molecule has 176 valence electrons. The summed E-state index contributed by atoms with van der Waals surface area (Å²) >= 11 is 0. The Hall–Kier alpha value is -1.63. The molecule has 2 N–H and O–H groups in total. The van der Waals surface area contributed by atoms with Gasteiger partial charge < -0.3 is 19.7 Å². The van der Waals surface area contributed by atoms with E-state index in [1.165, 1.54) is 51.4 Å². The third-order valence-corrected chi connectivity index (χ3v) is 5.04. The zero-order valence-electron chi connectivity index (χ0n) is 19.0. The molecule has 1 unspecified atom stereocenters. The van der Waals surface area contributed by atoms with E-state index in [0.29, 0.717) is 12.8 Å². The van der Waals surface area contributed by atoms with Crippen LogP contribution in [0.3, 0.4) is 0 Å². The van der Waals surface area contributed by atoms with E-state index in [9.17, 15) is 24.6 Å². The summed E-state index contributed by atoms with van der Waals surface area (Å²) in [7, 11) is 0. The Morgan fingerprint density at radius 2 is 1.00 bits per heavy atom. The van der Waals surface area contributed by atoms with Crippen LogP contribution in [0.2, 0.25) is 0 Å². The first-order valence-electron chi connectivity index (χ1n) is 11.6. The molecule has 0 aromatic heterocycles. The molecule has 0 heterocycles. The third-order valence-electron chi connectivity index (χ3n) is 5.04. The Bertz CT molecular complexity index is 478. The van der Waals surface area contributed by atoms with Gasteiger partial charge in [0.15, 0.2) is 5.60 Å². The van der Waals surface area contributed by atoms with Gasteiger partial charge in [-0.2, -0.15) is 0 Å². The average Bonchev–Trinajstić information content (AvgIpc) is 2.68. The van der Waals surface area contributed by atoms with Crippen LogP contribution in [0.25, 0.3) is 0 Å². The largest absolute Gasteiger partial charge is 0.479 e. The highest BCUT2D eigenvalue weighted by molar-refractivity contribution is 5.88. The quantitative estimate of drug-likeness (QED) is 0.211. The highest BCUT2D eigenvalue weighted by Gasteiger charge is 2.41. The Kier molecular flexibility index (Phi) is 17.2. The van der Waals surface area contributed by atoms with Crippen LogP contribution in [0.4, 0.5) is 0 Å². The molecule has 0 fully saturated rings. The van der Waals surface area contributed by atoms with Crippen molar-refractivity contribution < 1.29 is 34.1 Å². The zero-order chi connectivity index (χ0) is 22.7. The molecule has 0 radical (unpaired) electrons. The molecular weight excluding hydrogens is 388 g/mol. The van der Waals surface area contributed by atoms with Crippen LogP contribution < -0.4 is 0 Å². The van der Waals surface area contributed by atoms with Gasteiger partial charge in [0.1, 0.15) is 0 Å². The van der Waals surface area contributed by atoms with Crippen LogP contribution in [0.15, 0.2) is 0 Å². The van der Waals surface area contributed by atoms with Crippen LogP contribution in [-0.2, 0) is 23.9 Å². The monoisotopic (exact) mass is 430 g/mol. The van der Waals surface area contributed by atoms with Gasteiger partial charge in [-0.15, -0.1) is 0 Å². The lowest BCUT2D eigenvalue weighted by Gasteiger charge is -2.21. The molecule has 7 nitrogen and oxygen atoms in total. The standard InChI is InChI=1S/C23H42O7/c1-3-5-7-8-9-10-11-12-13-14-15-17-30-21(25)19-23(28,22(26)27)18-20(24)29-16-6-4-2/h28H,3-19H2,1-2H3,(H,26,27). The molecule has 7 heteroatoms. The maximum Gasteiger partial charge on any atom is 0.336 e. The van der Waals surface area contributed by atoms with Crippen molar-refractivity contribution in [2.24, 2.45) is 0 Å². The first kappa shape index (κ1) is 28.4. The van der Waals surface area contributed by atoms with Crippen LogP contribution in [0, 0.1) is 0 Å². The van der Waals surface area contributed by atoms with Crippen molar-refractivity contribution >= 4 is 17.9 Å². The number of hydrogen-bond acceptors (Lipinski definition) is 6. The highest BCUT2D eigenvalue weighted by atomic mass is 16.5. The number of aliphatic carboxylic acids is 1. The second kappa shape index (κ2) is 18.2. The Balaban J connectivity index is 3.90. The molecule has 30 heavy (non-hydrogen) atoms. The van der Waals surface area contributed by atoms with Gasteiger partial charge in [-0.3, -0.25) is 9.59 Å². The zero-order valence-corrected chi connectivity index (χ0v) is 19.0. The summed E-state index contributed by atoms with van der Waals surface area (Å²) in [4.78, 5) is 34.9. The number of carbonyl (C=O) groups is 3. The minimum atomic E-state index is -2.50. The molecule has 0 spiro atoms. The number of rotatable bonds is 20. The molecule has 0 aromatic carbocycles. The summed E-state index contributed by atoms with van der Waals surface area (Å²) in [6, 6.07) is 0. The van der Waals surface area contributed by atoms with Gasteiger partial charge in [-0.1, -0.05) is 84.5 Å². The van der Waals surface area contributed by atoms with Crippen LogP contribution in [-0.4, -0.2) is 46.9 Å². The van der Waals surface area contributed by atoms with Crippen molar-refractivity contribution in [3.63, 3.8) is 0 Å². The minimum absolute atomic E-state index is 0.161. The Labute approximate surface area is 181 Å². The predicted octanol–water partition coefficient (Wildman–Crippen LogP) is 4.78. The Morgan fingerprint density at radius 3 is 1.40 bits per heavy atom. The lowest BCUT2D eigenvalue weighted by molar-refractivity contribution is -0.173. The number of hydrogen-bond donors (Lipinski definition) is 2. The number of aliphatic hydroxyl groups is 1. The average molecular weight is 431 g/mol. The summed E-state index contributed by atoms with van der Waals surface area (Å²) < 4.78 is 9.91. The van der Waals surface area contributed by atoms with Crippen molar-refractivity contribution in [3.05, 3.63) is 0 Å².